The molecule has 0 spiro atoms. The van der Waals surface area contributed by atoms with E-state index in [1.807, 2.05) is 0 Å². The molecular formula is C26H25F3N4O3S. The van der Waals surface area contributed by atoms with Crippen LogP contribution in [0.5, 0.6) is 0 Å². The fourth-order valence-electron chi connectivity index (χ4n) is 3.52. The maximum atomic E-state index is 14.2. The Balaban J connectivity index is 1.92. The molecule has 1 unspecified atom stereocenters. The summed E-state index contributed by atoms with van der Waals surface area (Å²) in [5.74, 6) is -1.79. The van der Waals surface area contributed by atoms with Crippen LogP contribution in [0.2, 0.25) is 0 Å². The first-order valence-electron chi connectivity index (χ1n) is 10.9. The average molecular weight is 531 g/mol. The Morgan fingerprint density at radius 1 is 1.14 bits per heavy atom. The number of nitrogens with two attached hydrogens (primary N) is 3. The number of guanidine groups is 1. The van der Waals surface area contributed by atoms with Crippen LogP contribution in [0.1, 0.15) is 22.8 Å². The highest BCUT2D eigenvalue weighted by Gasteiger charge is 2.44. The number of carboxylic acid groups (broad SMARTS) is 1. The minimum Gasteiger partial charge on any atom is -0.480 e. The second-order valence-corrected chi connectivity index (χ2v) is 8.80. The summed E-state index contributed by atoms with van der Waals surface area (Å²) in [5, 5.41) is 12.5. The summed E-state index contributed by atoms with van der Waals surface area (Å²) >= 11 is 1.37. The van der Waals surface area contributed by atoms with Gasteiger partial charge >= 0.3 is 12.1 Å². The molecule has 0 radical (unpaired) electrons. The van der Waals surface area contributed by atoms with Crippen LogP contribution in [0.4, 0.5) is 13.2 Å². The number of carbonyl (C=O) groups is 1. The molecule has 7 nitrogen and oxygen atoms in total. The zero-order valence-corrected chi connectivity index (χ0v) is 20.3. The lowest BCUT2D eigenvalue weighted by molar-refractivity contribution is -0.211. The van der Waals surface area contributed by atoms with Crippen LogP contribution in [-0.2, 0) is 16.0 Å². The number of halogens is 3. The number of benzene rings is 2. The van der Waals surface area contributed by atoms with Crippen LogP contribution in [-0.4, -0.2) is 29.3 Å². The first kappa shape index (κ1) is 27.5. The van der Waals surface area contributed by atoms with Gasteiger partial charge in [-0.15, -0.1) is 0 Å². The van der Waals surface area contributed by atoms with Crippen molar-refractivity contribution in [3.63, 3.8) is 0 Å². The lowest BCUT2D eigenvalue weighted by Crippen LogP contribution is -2.32. The molecule has 0 aliphatic rings. The summed E-state index contributed by atoms with van der Waals surface area (Å²) < 4.78 is 47.8. The quantitative estimate of drug-likeness (QED) is 0.128. The molecule has 3 aromatic rings. The third-order valence-electron chi connectivity index (χ3n) is 5.21. The van der Waals surface area contributed by atoms with Crippen LogP contribution in [0.15, 0.2) is 88.8 Å². The topological polar surface area (TPSA) is 137 Å². The number of allylic oxidation sites excluding steroid dienone is 1. The summed E-state index contributed by atoms with van der Waals surface area (Å²) in [6, 6.07) is 13.2. The highest BCUT2D eigenvalue weighted by atomic mass is 32.1. The molecule has 1 aromatic heterocycles. The Morgan fingerprint density at radius 3 is 2.38 bits per heavy atom. The van der Waals surface area contributed by atoms with Crippen molar-refractivity contribution in [1.82, 2.24) is 0 Å². The number of aliphatic imine (C=N–C) groups is 1. The Kier molecular flexibility index (Phi) is 8.74. The lowest BCUT2D eigenvalue weighted by Gasteiger charge is -2.24. The first-order chi connectivity index (χ1) is 17.5. The number of aliphatic carboxylic acids is 1. The minimum atomic E-state index is -4.75. The smallest absolute Gasteiger partial charge is 0.429 e. The van der Waals surface area contributed by atoms with Gasteiger partial charge in [-0.1, -0.05) is 55.1 Å². The summed E-state index contributed by atoms with van der Waals surface area (Å²) in [4.78, 5) is 15.0. The van der Waals surface area contributed by atoms with Gasteiger partial charge in [-0.2, -0.15) is 24.5 Å². The second kappa shape index (κ2) is 11.8. The van der Waals surface area contributed by atoms with Crippen molar-refractivity contribution < 1.29 is 27.8 Å². The van der Waals surface area contributed by atoms with E-state index < -0.39 is 24.3 Å². The molecule has 0 bridgehead atoms. The molecule has 37 heavy (non-hydrogen) atoms. The van der Waals surface area contributed by atoms with Crippen LogP contribution in [0.3, 0.4) is 0 Å². The van der Waals surface area contributed by atoms with Gasteiger partial charge in [-0.3, -0.25) is 4.79 Å². The maximum absolute atomic E-state index is 14.2. The predicted octanol–water partition coefficient (Wildman–Crippen LogP) is 4.82. The van der Waals surface area contributed by atoms with Gasteiger partial charge in [-0.25, -0.2) is 4.99 Å². The fraction of sp³-hybridized carbons (Fsp3) is 0.154. The molecule has 0 fully saturated rings. The van der Waals surface area contributed by atoms with E-state index in [1.54, 1.807) is 53.2 Å². The Labute approximate surface area is 215 Å². The molecule has 194 valence electrons. The van der Waals surface area contributed by atoms with Crippen molar-refractivity contribution in [2.24, 2.45) is 22.2 Å². The Hall–Kier alpha value is -4.09. The van der Waals surface area contributed by atoms with Gasteiger partial charge in [0.05, 0.1) is 5.70 Å². The third-order valence-corrected chi connectivity index (χ3v) is 5.89. The number of alkyl halides is 3. The summed E-state index contributed by atoms with van der Waals surface area (Å²) in [6.07, 6.45) is -5.76. The standard InChI is InChI=1S/C26H25F3N4O3S/c1-15(12-22(33-25(31)32)17-8-6-16(7-9-17)13-21(30)24(34)35)36-23(26(27,28)29)20-5-3-2-4-19(20)18-10-11-37-14-18/h2-12,14,21,23H,1,13,30H2,(H,34,35)(H4,31,32,33)/b22-12-/t21-,23?/m0/s1. The molecule has 2 aromatic carbocycles. The van der Waals surface area contributed by atoms with E-state index in [4.69, 9.17) is 27.0 Å². The molecule has 0 aliphatic carbocycles. The number of ether oxygens (including phenoxy) is 1. The molecule has 7 N–H and O–H groups in total. The van der Waals surface area contributed by atoms with Gasteiger partial charge < -0.3 is 27.0 Å². The van der Waals surface area contributed by atoms with Gasteiger partial charge in [0.25, 0.3) is 0 Å². The number of hydrogen-bond acceptors (Lipinski definition) is 5. The van der Waals surface area contributed by atoms with E-state index in [9.17, 15) is 18.0 Å². The zero-order valence-electron chi connectivity index (χ0n) is 19.5. The van der Waals surface area contributed by atoms with Crippen molar-refractivity contribution in [1.29, 1.82) is 0 Å². The highest BCUT2D eigenvalue weighted by molar-refractivity contribution is 7.08. The minimum absolute atomic E-state index is 0.0644. The number of hydrogen-bond donors (Lipinski definition) is 4. The average Bonchev–Trinajstić information content (AvgIpc) is 3.36. The zero-order chi connectivity index (χ0) is 27.2. The number of carboxylic acids is 1. The monoisotopic (exact) mass is 530 g/mol. The van der Waals surface area contributed by atoms with Crippen LogP contribution < -0.4 is 17.2 Å². The van der Waals surface area contributed by atoms with Gasteiger partial charge in [-0.05, 0) is 39.9 Å². The number of thiophene rings is 1. The Morgan fingerprint density at radius 2 is 1.81 bits per heavy atom. The van der Waals surface area contributed by atoms with Crippen LogP contribution in [0, 0.1) is 0 Å². The molecule has 0 aliphatic heterocycles. The Bertz CT molecular complexity index is 1300. The molecule has 0 amide bonds. The van der Waals surface area contributed by atoms with Gasteiger partial charge in [0.2, 0.25) is 6.10 Å². The summed E-state index contributed by atoms with van der Waals surface area (Å²) in [6.45, 7) is 3.65. The molecule has 1 heterocycles. The third kappa shape index (κ3) is 7.45. The predicted molar refractivity (Wildman–Crippen MR) is 138 cm³/mol. The van der Waals surface area contributed by atoms with Crippen molar-refractivity contribution in [3.8, 4) is 11.1 Å². The number of nitrogens with zero attached hydrogens (tertiary/aromatic N) is 1. The molecule has 3 rings (SSSR count). The molecular weight excluding hydrogens is 505 g/mol. The normalized spacial score (nSPS) is 13.5. The van der Waals surface area contributed by atoms with Crippen molar-refractivity contribution in [2.45, 2.75) is 24.7 Å². The van der Waals surface area contributed by atoms with E-state index in [-0.39, 0.29) is 29.4 Å². The van der Waals surface area contributed by atoms with Crippen LogP contribution in [0.25, 0.3) is 16.8 Å². The molecule has 11 heteroatoms. The fourth-order valence-corrected chi connectivity index (χ4v) is 4.18. The van der Waals surface area contributed by atoms with Crippen molar-refractivity contribution in [2.75, 3.05) is 0 Å². The van der Waals surface area contributed by atoms with E-state index in [0.29, 0.717) is 22.3 Å². The summed E-state index contributed by atoms with van der Waals surface area (Å²) in [7, 11) is 0. The maximum Gasteiger partial charge on any atom is 0.429 e. The van der Waals surface area contributed by atoms with Crippen LogP contribution >= 0.6 is 11.3 Å². The van der Waals surface area contributed by atoms with Crippen molar-refractivity contribution >= 4 is 29.0 Å². The molecule has 0 saturated carbocycles. The second-order valence-electron chi connectivity index (χ2n) is 8.02. The van der Waals surface area contributed by atoms with E-state index >= 15 is 0 Å². The largest absolute Gasteiger partial charge is 0.480 e. The first-order valence-corrected chi connectivity index (χ1v) is 11.8. The van der Waals surface area contributed by atoms with Gasteiger partial charge in [0.1, 0.15) is 11.8 Å². The highest BCUT2D eigenvalue weighted by Crippen LogP contribution is 2.42. The van der Waals surface area contributed by atoms with Crippen molar-refractivity contribution in [3.05, 3.63) is 100 Å². The molecule has 2 atom stereocenters. The lowest BCUT2D eigenvalue weighted by atomic mass is 9.97. The summed E-state index contributed by atoms with van der Waals surface area (Å²) in [5.41, 5.74) is 18.8. The van der Waals surface area contributed by atoms with E-state index in [2.05, 4.69) is 11.6 Å². The van der Waals surface area contributed by atoms with E-state index in [1.165, 1.54) is 29.5 Å². The van der Waals surface area contributed by atoms with E-state index in [0.717, 1.165) is 0 Å². The van der Waals surface area contributed by atoms with Gasteiger partial charge in [0.15, 0.2) is 5.96 Å². The number of rotatable bonds is 10. The SMILES string of the molecule is C=C(/C=C(\N=C(N)N)c1ccc(C[C@H](N)C(=O)O)cc1)OC(c1ccccc1-c1ccsc1)C(F)(F)F. The molecule has 0 saturated heterocycles. The van der Waals surface area contributed by atoms with Gasteiger partial charge in [0, 0.05) is 17.2 Å².